The smallest absolute Gasteiger partial charge is 0.372 e. The van der Waals surface area contributed by atoms with E-state index in [9.17, 15) is 18.0 Å². The Labute approximate surface area is 149 Å². The monoisotopic (exact) mass is 380 g/mol. The molecular weight excluding hydrogens is 357 g/mol. The first kappa shape index (κ1) is 20.1. The summed E-state index contributed by atoms with van der Waals surface area (Å²) >= 11 is 1.38. The van der Waals surface area contributed by atoms with E-state index in [0.29, 0.717) is 18.1 Å². The number of anilines is 1. The lowest BCUT2D eigenvalue weighted by atomic mass is 10.2. The summed E-state index contributed by atoms with van der Waals surface area (Å²) in [6, 6.07) is -0.249. The van der Waals surface area contributed by atoms with Crippen LogP contribution in [0.15, 0.2) is 11.6 Å². The molecule has 0 aliphatic carbocycles. The predicted molar refractivity (Wildman–Crippen MR) is 89.7 cm³/mol. The van der Waals surface area contributed by atoms with Crippen molar-refractivity contribution < 1.29 is 22.7 Å². The summed E-state index contributed by atoms with van der Waals surface area (Å²) < 4.78 is 40.5. The maximum Gasteiger partial charge on any atom is 0.411 e. The average Bonchev–Trinajstić information content (AvgIpc) is 3.06. The van der Waals surface area contributed by atoms with E-state index in [1.165, 1.54) is 11.3 Å². The van der Waals surface area contributed by atoms with Gasteiger partial charge in [-0.2, -0.15) is 13.2 Å². The Bertz CT molecular complexity index is 519. The molecule has 1 aromatic heterocycles. The molecule has 25 heavy (non-hydrogen) atoms. The number of carbonyl (C=O) groups excluding carboxylic acids is 1. The van der Waals surface area contributed by atoms with Gasteiger partial charge < -0.3 is 15.0 Å². The quantitative estimate of drug-likeness (QED) is 0.700. The maximum absolute atomic E-state index is 12.2. The Morgan fingerprint density at radius 2 is 2.12 bits per heavy atom. The zero-order chi connectivity index (χ0) is 18.3. The summed E-state index contributed by atoms with van der Waals surface area (Å²) in [7, 11) is 0. The van der Waals surface area contributed by atoms with Crippen LogP contribution in [0.3, 0.4) is 0 Å². The maximum atomic E-state index is 12.2. The van der Waals surface area contributed by atoms with E-state index in [1.54, 1.807) is 11.6 Å². The molecule has 1 atom stereocenters. The molecule has 0 radical (unpaired) electrons. The second kappa shape index (κ2) is 9.46. The van der Waals surface area contributed by atoms with Gasteiger partial charge in [-0.05, 0) is 13.3 Å². The number of piperazine rings is 1. The lowest BCUT2D eigenvalue weighted by molar-refractivity contribution is -0.174. The van der Waals surface area contributed by atoms with Crippen molar-refractivity contribution in [2.24, 2.45) is 0 Å². The lowest BCUT2D eigenvalue weighted by Crippen LogP contribution is -2.52. The van der Waals surface area contributed by atoms with Gasteiger partial charge in [0.05, 0.1) is 6.04 Å². The summed E-state index contributed by atoms with van der Waals surface area (Å²) in [5.74, 6) is -0.0797. The summed E-state index contributed by atoms with van der Waals surface area (Å²) in [4.78, 5) is 20.5. The first-order chi connectivity index (χ1) is 11.8. The van der Waals surface area contributed by atoms with Crippen molar-refractivity contribution in [3.63, 3.8) is 0 Å². The number of alkyl halides is 3. The van der Waals surface area contributed by atoms with Crippen molar-refractivity contribution in [1.29, 1.82) is 0 Å². The van der Waals surface area contributed by atoms with Gasteiger partial charge in [-0.15, -0.1) is 11.3 Å². The topological polar surface area (TPSA) is 57.7 Å². The minimum atomic E-state index is -4.26. The number of hydrogen-bond donors (Lipinski definition) is 1. The molecule has 1 N–H and O–H groups in total. The van der Waals surface area contributed by atoms with E-state index in [0.717, 1.165) is 26.2 Å². The predicted octanol–water partition coefficient (Wildman–Crippen LogP) is 2.06. The summed E-state index contributed by atoms with van der Waals surface area (Å²) in [6.45, 7) is 4.54. The number of halogens is 3. The van der Waals surface area contributed by atoms with E-state index < -0.39 is 12.8 Å². The largest absolute Gasteiger partial charge is 0.411 e. The number of nitrogens with one attached hydrogen (secondary N) is 1. The van der Waals surface area contributed by atoms with Gasteiger partial charge in [0, 0.05) is 50.9 Å². The summed E-state index contributed by atoms with van der Waals surface area (Å²) in [5.41, 5.74) is 0. The fourth-order valence-corrected chi connectivity index (χ4v) is 3.15. The molecule has 1 aliphatic heterocycles. The van der Waals surface area contributed by atoms with Crippen LogP contribution in [0.2, 0.25) is 0 Å². The van der Waals surface area contributed by atoms with Crippen LogP contribution in [0.1, 0.15) is 13.3 Å². The van der Waals surface area contributed by atoms with Gasteiger partial charge in [0.1, 0.15) is 6.61 Å². The Morgan fingerprint density at radius 1 is 1.40 bits per heavy atom. The number of hydrogen-bond acceptors (Lipinski definition) is 6. The number of carbonyl (C=O) groups is 1. The Morgan fingerprint density at radius 3 is 2.72 bits per heavy atom. The molecule has 1 aliphatic rings. The van der Waals surface area contributed by atoms with Crippen molar-refractivity contribution in [3.8, 4) is 0 Å². The number of rotatable bonds is 8. The molecule has 142 valence electrons. The molecule has 2 rings (SSSR count). The lowest BCUT2D eigenvalue weighted by Gasteiger charge is -2.37. The number of aromatic nitrogens is 1. The molecule has 6 nitrogen and oxygen atoms in total. The SMILES string of the molecule is CC(C(=O)Nc1nccs1)N1CCN(CCCOCC(F)(F)F)CC1. The highest BCUT2D eigenvalue weighted by Gasteiger charge is 2.28. The highest BCUT2D eigenvalue weighted by molar-refractivity contribution is 7.13. The van der Waals surface area contributed by atoms with Gasteiger partial charge in [0.2, 0.25) is 5.91 Å². The van der Waals surface area contributed by atoms with Crippen molar-refractivity contribution in [1.82, 2.24) is 14.8 Å². The molecule has 1 fully saturated rings. The van der Waals surface area contributed by atoms with Crippen LogP contribution in [0, 0.1) is 0 Å². The highest BCUT2D eigenvalue weighted by Crippen LogP contribution is 2.15. The zero-order valence-electron chi connectivity index (χ0n) is 14.1. The fourth-order valence-electron chi connectivity index (χ4n) is 2.61. The second-order valence-electron chi connectivity index (χ2n) is 5.90. The third-order valence-corrected chi connectivity index (χ3v) is 4.71. The Hall–Kier alpha value is -1.23. The molecule has 1 saturated heterocycles. The van der Waals surface area contributed by atoms with Crippen molar-refractivity contribution in [3.05, 3.63) is 11.6 Å². The van der Waals surface area contributed by atoms with Gasteiger partial charge in [-0.1, -0.05) is 0 Å². The van der Waals surface area contributed by atoms with Gasteiger partial charge in [-0.25, -0.2) is 4.98 Å². The van der Waals surface area contributed by atoms with Crippen molar-refractivity contribution in [2.45, 2.75) is 25.6 Å². The molecule has 10 heteroatoms. The minimum absolute atomic E-state index is 0.0797. The van der Waals surface area contributed by atoms with Crippen LogP contribution in [0.4, 0.5) is 18.3 Å². The molecule has 0 aromatic carbocycles. The van der Waals surface area contributed by atoms with Crippen LogP contribution < -0.4 is 5.32 Å². The normalized spacial score (nSPS) is 18.2. The Balaban J connectivity index is 1.61. The molecular formula is C15H23F3N4O2S. The number of ether oxygens (including phenoxy) is 1. The molecule has 1 amide bonds. The average molecular weight is 380 g/mol. The summed E-state index contributed by atoms with van der Waals surface area (Å²) in [5, 5.41) is 5.19. The van der Waals surface area contributed by atoms with Crippen LogP contribution >= 0.6 is 11.3 Å². The zero-order valence-corrected chi connectivity index (χ0v) is 14.9. The van der Waals surface area contributed by atoms with Gasteiger partial charge in [0.25, 0.3) is 0 Å². The van der Waals surface area contributed by atoms with Crippen molar-refractivity contribution in [2.75, 3.05) is 51.3 Å². The third kappa shape index (κ3) is 7.27. The standard InChI is InChI=1S/C15H23F3N4O2S/c1-12(13(23)20-14-19-3-10-25-14)22-7-5-21(6-8-22)4-2-9-24-11-15(16,17)18/h3,10,12H,2,4-9,11H2,1H3,(H,19,20,23). The number of thiazole rings is 1. The highest BCUT2D eigenvalue weighted by atomic mass is 32.1. The molecule has 2 heterocycles. The van der Waals surface area contributed by atoms with Gasteiger partial charge in [0.15, 0.2) is 5.13 Å². The second-order valence-corrected chi connectivity index (χ2v) is 6.80. The number of nitrogens with zero attached hydrogens (tertiary/aromatic N) is 3. The third-order valence-electron chi connectivity index (χ3n) is 4.03. The molecule has 1 unspecified atom stereocenters. The first-order valence-electron chi connectivity index (χ1n) is 8.16. The first-order valence-corrected chi connectivity index (χ1v) is 9.04. The van der Waals surface area contributed by atoms with Crippen LogP contribution in [0.5, 0.6) is 0 Å². The van der Waals surface area contributed by atoms with E-state index in [2.05, 4.69) is 24.8 Å². The van der Waals surface area contributed by atoms with Gasteiger partial charge >= 0.3 is 6.18 Å². The minimum Gasteiger partial charge on any atom is -0.372 e. The fraction of sp³-hybridized carbons (Fsp3) is 0.733. The molecule has 0 saturated carbocycles. The summed E-state index contributed by atoms with van der Waals surface area (Å²) in [6.07, 6.45) is -2.06. The molecule has 0 spiro atoms. The van der Waals surface area contributed by atoms with Crippen LogP contribution in [0.25, 0.3) is 0 Å². The molecule has 0 bridgehead atoms. The number of amides is 1. The van der Waals surface area contributed by atoms with Gasteiger partial charge in [-0.3, -0.25) is 9.69 Å². The van der Waals surface area contributed by atoms with E-state index in [-0.39, 0.29) is 18.6 Å². The van der Waals surface area contributed by atoms with Crippen molar-refractivity contribution >= 4 is 22.4 Å². The van der Waals surface area contributed by atoms with Crippen LogP contribution in [-0.2, 0) is 9.53 Å². The van der Waals surface area contributed by atoms with E-state index in [1.807, 2.05) is 6.92 Å². The van der Waals surface area contributed by atoms with E-state index in [4.69, 9.17) is 0 Å². The van der Waals surface area contributed by atoms with Crippen LogP contribution in [-0.4, -0.2) is 78.8 Å². The molecule has 1 aromatic rings. The Kier molecular flexibility index (Phi) is 7.60. The van der Waals surface area contributed by atoms with E-state index >= 15 is 0 Å².